The number of guanidine groups is 1. The van der Waals surface area contributed by atoms with Crippen molar-refractivity contribution in [3.63, 3.8) is 0 Å². The second-order valence-electron chi connectivity index (χ2n) is 20.6. The van der Waals surface area contributed by atoms with Gasteiger partial charge in [0.15, 0.2) is 5.96 Å². The first-order valence-electron chi connectivity index (χ1n) is 27.5. The first-order valence-corrected chi connectivity index (χ1v) is 27.5. The topological polar surface area (TPSA) is 553 Å². The second-order valence-corrected chi connectivity index (χ2v) is 20.6. The number of aliphatic imine (C=N–C) groups is 1. The van der Waals surface area contributed by atoms with Gasteiger partial charge in [0.25, 0.3) is 0 Å². The number of nitrogens with one attached hydrogen (secondary N) is 8. The summed E-state index contributed by atoms with van der Waals surface area (Å²) in [5, 5.41) is 98.1. The molecule has 0 heterocycles. The third kappa shape index (κ3) is 25.2. The molecule has 3 rings (SSSR count). The van der Waals surface area contributed by atoms with Crippen LogP contribution in [0.25, 0.3) is 0 Å². The number of carboxylic acid groups (broad SMARTS) is 4. The molecule has 0 radical (unpaired) electrons. The van der Waals surface area contributed by atoms with E-state index in [1.807, 2.05) is 0 Å². The molecule has 0 aliphatic rings. The number of aliphatic hydroxyl groups is 1. The lowest BCUT2D eigenvalue weighted by Crippen LogP contribution is -2.62. The van der Waals surface area contributed by atoms with Crippen molar-refractivity contribution in [3.05, 3.63) is 89.5 Å². The minimum absolute atomic E-state index is 0.000547. The number of carbonyl (C=O) groups excluding carboxylic acids is 8. The summed E-state index contributed by atoms with van der Waals surface area (Å²) >= 11 is 0. The Bertz CT molecular complexity index is 2960. The van der Waals surface area contributed by atoms with Crippen molar-refractivity contribution in [2.75, 3.05) is 6.54 Å². The zero-order chi connectivity index (χ0) is 65.9. The minimum atomic E-state index is -2.15. The van der Waals surface area contributed by atoms with Crippen LogP contribution in [0, 0.1) is 5.92 Å². The number of nitrogens with zero attached hydrogens (tertiary/aromatic N) is 1. The molecule has 3 aromatic carbocycles. The van der Waals surface area contributed by atoms with Crippen LogP contribution < -0.4 is 59.7 Å². The molecular weight excluding hydrogens is 1160 g/mol. The number of hydrogen-bond acceptors (Lipinski definition) is 18. The fourth-order valence-corrected chi connectivity index (χ4v) is 8.43. The summed E-state index contributed by atoms with van der Waals surface area (Å²) in [6.07, 6.45) is -6.45. The summed E-state index contributed by atoms with van der Waals surface area (Å²) in [7, 11) is 0. The number of benzene rings is 3. The number of aliphatic hydroxyl groups excluding tert-OH is 1. The average Bonchev–Trinajstić information content (AvgIpc) is 3.12. The molecule has 0 saturated heterocycles. The van der Waals surface area contributed by atoms with E-state index in [4.69, 9.17) is 22.3 Å². The molecule has 0 aliphatic carbocycles. The van der Waals surface area contributed by atoms with Gasteiger partial charge in [0.1, 0.15) is 65.6 Å². The highest BCUT2D eigenvalue weighted by atomic mass is 16.4. The minimum Gasteiger partial charge on any atom is -0.508 e. The number of amides is 8. The zero-order valence-corrected chi connectivity index (χ0v) is 48.2. The summed E-state index contributed by atoms with van der Waals surface area (Å²) < 4.78 is 0. The molecule has 0 spiro atoms. The molecule has 0 saturated carbocycles. The van der Waals surface area contributed by atoms with Crippen LogP contribution in [-0.4, -0.2) is 185 Å². The highest BCUT2D eigenvalue weighted by Gasteiger charge is 2.38. The van der Waals surface area contributed by atoms with Gasteiger partial charge in [0, 0.05) is 32.2 Å². The van der Waals surface area contributed by atoms with Gasteiger partial charge in [-0.2, -0.15) is 0 Å². The molecule has 0 aromatic heterocycles. The van der Waals surface area contributed by atoms with Crippen molar-refractivity contribution in [1.82, 2.24) is 42.5 Å². The Kier molecular flexibility index (Phi) is 29.0. The number of phenols is 3. The van der Waals surface area contributed by atoms with E-state index in [0.717, 1.165) is 6.92 Å². The second kappa shape index (κ2) is 35.4. The van der Waals surface area contributed by atoms with E-state index < -0.39 is 170 Å². The molecule has 3 aromatic rings. The van der Waals surface area contributed by atoms with E-state index in [1.165, 1.54) is 72.8 Å². The number of rotatable bonds is 37. The van der Waals surface area contributed by atoms with Crippen molar-refractivity contribution in [2.24, 2.45) is 28.1 Å². The quantitative estimate of drug-likeness (QED) is 0.0151. The Morgan fingerprint density at radius 1 is 0.455 bits per heavy atom. The van der Waals surface area contributed by atoms with Gasteiger partial charge in [0.2, 0.25) is 47.3 Å². The predicted molar refractivity (Wildman–Crippen MR) is 309 cm³/mol. The molecule has 11 atom stereocenters. The summed E-state index contributed by atoms with van der Waals surface area (Å²) in [6, 6.07) is 0.00254. The standard InChI is InChI=1S/C56H76N12O20/c1-4-27(2)45(67-47(79)35(57)25-43(75)76)53(85)65-40(24-31-11-17-34(72)18-12-31)49(81)61-36(19-20-42(73)74)48(80)68-46(28(3)69)54(86)66-41(26-44(77)78)52(84)64-39(23-30-9-15-33(71)16-10-30)51(83)63-38(22-29-7-13-32(70)14-8-29)50(82)62-37(55(87)88)6-5-21-60-56(58)59/h7-18,27-28,35-41,45-46,69-72H,4-6,19-26,57H2,1-3H3,(H,61,81)(H,62,82)(H,63,83)(H,64,84)(H,65,85)(H,66,86)(H,67,79)(H,68,80)(H,73,74)(H,75,76)(H,77,78)(H,87,88)(H4,58,59,60)/t27-,28+,35-,36-,37-,38-,39-,40-,41-,45-,46-/m0/s1. The van der Waals surface area contributed by atoms with Crippen LogP contribution in [0.2, 0.25) is 0 Å². The fraction of sp³-hybridized carbons (Fsp3) is 0.446. The van der Waals surface area contributed by atoms with Crippen LogP contribution >= 0.6 is 0 Å². The van der Waals surface area contributed by atoms with Crippen molar-refractivity contribution < 1.29 is 98.4 Å². The van der Waals surface area contributed by atoms with Gasteiger partial charge in [-0.25, -0.2) is 4.79 Å². The number of carbonyl (C=O) groups is 12. The maximum absolute atomic E-state index is 14.4. The van der Waals surface area contributed by atoms with E-state index in [9.17, 15) is 93.3 Å². The lowest BCUT2D eigenvalue weighted by molar-refractivity contribution is -0.142. The van der Waals surface area contributed by atoms with Gasteiger partial charge in [-0.1, -0.05) is 56.7 Å². The highest BCUT2D eigenvalue weighted by Crippen LogP contribution is 2.17. The molecule has 32 heteroatoms. The Balaban J connectivity index is 1.99. The van der Waals surface area contributed by atoms with Gasteiger partial charge >= 0.3 is 23.9 Å². The van der Waals surface area contributed by atoms with Gasteiger partial charge in [-0.15, -0.1) is 0 Å². The molecule has 32 nitrogen and oxygen atoms in total. The van der Waals surface area contributed by atoms with Crippen LogP contribution in [0.5, 0.6) is 17.2 Å². The Morgan fingerprint density at radius 2 is 0.818 bits per heavy atom. The largest absolute Gasteiger partial charge is 0.508 e. The van der Waals surface area contributed by atoms with Crippen LogP contribution in [-0.2, 0) is 76.8 Å². The molecular formula is C56H76N12O20. The predicted octanol–water partition coefficient (Wildman–Crippen LogP) is -3.58. The van der Waals surface area contributed by atoms with Gasteiger partial charge in [-0.3, -0.25) is 57.7 Å². The maximum Gasteiger partial charge on any atom is 0.326 e. The first kappa shape index (κ1) is 72.2. The zero-order valence-electron chi connectivity index (χ0n) is 48.2. The summed E-state index contributed by atoms with van der Waals surface area (Å²) in [6.45, 7) is 4.21. The third-order valence-corrected chi connectivity index (χ3v) is 13.5. The molecule has 0 aliphatic heterocycles. The van der Waals surface area contributed by atoms with Crippen molar-refractivity contribution in [1.29, 1.82) is 0 Å². The number of carboxylic acids is 4. The van der Waals surface area contributed by atoms with Crippen LogP contribution in [0.3, 0.4) is 0 Å². The van der Waals surface area contributed by atoms with Gasteiger partial charge < -0.3 is 101 Å². The molecule has 22 N–H and O–H groups in total. The van der Waals surface area contributed by atoms with E-state index >= 15 is 0 Å². The lowest BCUT2D eigenvalue weighted by Gasteiger charge is -2.29. The number of phenolic OH excluding ortho intramolecular Hbond substituents is 3. The number of hydrogen-bond donors (Lipinski definition) is 19. The molecule has 88 heavy (non-hydrogen) atoms. The van der Waals surface area contributed by atoms with E-state index in [2.05, 4.69) is 47.5 Å². The van der Waals surface area contributed by atoms with E-state index in [-0.39, 0.29) is 67.4 Å². The smallest absolute Gasteiger partial charge is 0.326 e. The van der Waals surface area contributed by atoms with E-state index in [0.29, 0.717) is 11.1 Å². The molecule has 480 valence electrons. The highest BCUT2D eigenvalue weighted by molar-refractivity contribution is 5.99. The fourth-order valence-electron chi connectivity index (χ4n) is 8.43. The summed E-state index contributed by atoms with van der Waals surface area (Å²) in [4.78, 5) is 164. The number of aliphatic carboxylic acids is 4. The maximum atomic E-state index is 14.4. The number of aromatic hydroxyl groups is 3. The Labute approximate surface area is 503 Å². The number of nitrogens with two attached hydrogens (primary N) is 3. The molecule has 0 bridgehead atoms. The lowest BCUT2D eigenvalue weighted by atomic mass is 9.96. The monoisotopic (exact) mass is 1240 g/mol. The SMILES string of the molecule is CC[C@H](C)[C@H](NC(=O)[C@@H](N)CC(=O)O)C(=O)N[C@@H](Cc1ccc(O)cc1)C(=O)N[C@@H](CCC(=O)O)C(=O)N[C@H](C(=O)N[C@@H](CC(=O)O)C(=O)N[C@@H](Cc1ccc(O)cc1)C(=O)N[C@@H](Cc1ccc(O)cc1)C(=O)N[C@@H](CCCN=C(N)N)C(=O)O)[C@@H](C)O. The van der Waals surface area contributed by atoms with Crippen LogP contribution in [0.4, 0.5) is 0 Å². The van der Waals surface area contributed by atoms with Crippen LogP contribution in [0.1, 0.15) is 82.4 Å². The van der Waals surface area contributed by atoms with Crippen molar-refractivity contribution >= 4 is 77.1 Å². The molecule has 8 amide bonds. The molecule has 0 fully saturated rings. The van der Waals surface area contributed by atoms with E-state index in [1.54, 1.807) is 13.8 Å². The van der Waals surface area contributed by atoms with Crippen molar-refractivity contribution in [2.45, 2.75) is 145 Å². The first-order chi connectivity index (χ1) is 41.4. The van der Waals surface area contributed by atoms with Crippen molar-refractivity contribution in [3.8, 4) is 17.2 Å². The van der Waals surface area contributed by atoms with Crippen LogP contribution in [0.15, 0.2) is 77.8 Å². The molecule has 0 unspecified atom stereocenters. The van der Waals surface area contributed by atoms with Gasteiger partial charge in [-0.05, 0) is 85.2 Å². The van der Waals surface area contributed by atoms with Gasteiger partial charge in [0.05, 0.1) is 25.0 Å². The Morgan fingerprint density at radius 3 is 1.20 bits per heavy atom. The Hall–Kier alpha value is -10.1. The third-order valence-electron chi connectivity index (χ3n) is 13.5. The summed E-state index contributed by atoms with van der Waals surface area (Å²) in [5.74, 6) is -17.0. The average molecular weight is 1240 g/mol. The summed E-state index contributed by atoms with van der Waals surface area (Å²) in [5.41, 5.74) is 17.4. The normalized spacial score (nSPS) is 14.7.